The van der Waals surface area contributed by atoms with Crippen molar-refractivity contribution in [2.75, 3.05) is 70.7 Å². The highest BCUT2D eigenvalue weighted by Crippen LogP contribution is 2.32. The maximum absolute atomic E-state index is 6.26. The predicted octanol–water partition coefficient (Wildman–Crippen LogP) is 7.50. The number of alkyl halides is 8. The van der Waals surface area contributed by atoms with Gasteiger partial charge in [0.05, 0.1) is 11.0 Å². The van der Waals surface area contributed by atoms with Crippen molar-refractivity contribution in [3.63, 3.8) is 0 Å². The van der Waals surface area contributed by atoms with Crippen molar-refractivity contribution in [1.29, 1.82) is 0 Å². The van der Waals surface area contributed by atoms with Crippen LogP contribution < -0.4 is 0 Å². The lowest BCUT2D eigenvalue weighted by Gasteiger charge is -2.33. The van der Waals surface area contributed by atoms with E-state index < -0.39 is 33.0 Å². The molecule has 0 fully saturated rings. The molecular formula is C20H37B3Br8O10. The summed E-state index contributed by atoms with van der Waals surface area (Å²) < 4.78 is 57.3. The predicted molar refractivity (Wildman–Crippen MR) is 192 cm³/mol. The van der Waals surface area contributed by atoms with Crippen molar-refractivity contribution in [2.45, 2.75) is 49.5 Å². The van der Waals surface area contributed by atoms with E-state index in [4.69, 9.17) is 46.6 Å². The summed E-state index contributed by atoms with van der Waals surface area (Å²) in [4.78, 5) is 0. The van der Waals surface area contributed by atoms with Gasteiger partial charge >= 0.3 is 22.0 Å². The molecule has 0 rings (SSSR count). The van der Waals surface area contributed by atoms with Crippen LogP contribution in [0.3, 0.4) is 0 Å². The highest BCUT2D eigenvalue weighted by atomic mass is 79.9. The van der Waals surface area contributed by atoms with Crippen LogP contribution in [0.25, 0.3) is 0 Å². The summed E-state index contributed by atoms with van der Waals surface area (Å²) in [6.45, 7) is 1.99. The zero-order valence-corrected chi connectivity index (χ0v) is 35.3. The number of ether oxygens (including phenoxy) is 1. The Kier molecular flexibility index (Phi) is 35.0. The molecule has 21 heteroatoms. The third kappa shape index (κ3) is 26.3. The average molecular weight is 1110 g/mol. The smallest absolute Gasteiger partial charge is 0.386 e. The van der Waals surface area contributed by atoms with Gasteiger partial charge in [-0.25, -0.2) is 0 Å². The standard InChI is InChI=1S/C20H37B3Br8O10/c24-7-1-2-12-32-19(39-21(37-17-29)38-18-30)5-6-20(31,41-23(35-15-10-27)36-16-11-28)40-22(33-13-3-8-25)34-14-4-9-26/h19H,1-18H2. The Morgan fingerprint density at radius 1 is 0.512 bits per heavy atom. The van der Waals surface area contributed by atoms with Gasteiger partial charge in [-0.2, -0.15) is 0 Å². The summed E-state index contributed by atoms with van der Waals surface area (Å²) >= 11 is 27.1. The second-order valence-corrected chi connectivity index (χ2v) is 13.7. The highest BCUT2D eigenvalue weighted by Gasteiger charge is 2.43. The van der Waals surface area contributed by atoms with Crippen LogP contribution in [0.4, 0.5) is 0 Å². The van der Waals surface area contributed by atoms with Gasteiger partial charge < -0.3 is 46.6 Å². The van der Waals surface area contributed by atoms with Crippen LogP contribution in [-0.4, -0.2) is 104 Å². The molecule has 242 valence electrons. The molecular weight excluding hydrogens is 1070 g/mol. The van der Waals surface area contributed by atoms with E-state index >= 15 is 0 Å². The molecule has 0 radical (unpaired) electrons. The molecule has 0 saturated heterocycles. The van der Waals surface area contributed by atoms with Crippen molar-refractivity contribution >= 4 is 149 Å². The molecule has 0 saturated carbocycles. The summed E-state index contributed by atoms with van der Waals surface area (Å²) in [6, 6.07) is 0. The van der Waals surface area contributed by atoms with Crippen molar-refractivity contribution < 1.29 is 46.6 Å². The minimum Gasteiger partial charge on any atom is -0.386 e. The lowest BCUT2D eigenvalue weighted by molar-refractivity contribution is -0.140. The first kappa shape index (κ1) is 44.6. The third-order valence-corrected chi connectivity index (χ3v) is 8.07. The fourth-order valence-corrected chi connectivity index (χ4v) is 4.85. The summed E-state index contributed by atoms with van der Waals surface area (Å²) in [6.07, 6.45) is 3.15. The van der Waals surface area contributed by atoms with Gasteiger partial charge in [0, 0.05) is 72.5 Å². The quantitative estimate of drug-likeness (QED) is 0.0292. The second kappa shape index (κ2) is 32.2. The fourth-order valence-electron chi connectivity index (χ4n) is 2.66. The minimum absolute atomic E-state index is 0.215. The summed E-state index contributed by atoms with van der Waals surface area (Å²) in [5.41, 5.74) is 0.429. The van der Waals surface area contributed by atoms with Crippen LogP contribution in [0.5, 0.6) is 0 Å². The van der Waals surface area contributed by atoms with E-state index in [0.29, 0.717) is 50.1 Å². The van der Waals surface area contributed by atoms with Crippen molar-refractivity contribution in [1.82, 2.24) is 0 Å². The largest absolute Gasteiger partial charge is 0.642 e. The maximum Gasteiger partial charge on any atom is 0.642 e. The molecule has 2 atom stereocenters. The van der Waals surface area contributed by atoms with E-state index in [1.165, 1.54) is 0 Å². The fraction of sp³-hybridized carbons (Fsp3) is 1.00. The molecule has 41 heavy (non-hydrogen) atoms. The summed E-state index contributed by atoms with van der Waals surface area (Å²) in [5.74, 6) is 0. The van der Waals surface area contributed by atoms with E-state index in [-0.39, 0.29) is 17.5 Å². The second-order valence-electron chi connectivity index (χ2n) is 7.63. The lowest BCUT2D eigenvalue weighted by atomic mass is 10.1. The average Bonchev–Trinajstić information content (AvgIpc) is 2.95. The zero-order valence-electron chi connectivity index (χ0n) is 22.6. The van der Waals surface area contributed by atoms with Gasteiger partial charge in [0.1, 0.15) is 6.29 Å². The highest BCUT2D eigenvalue weighted by molar-refractivity contribution is 9.10. The number of unbranched alkanes of at least 4 members (excludes halogenated alkanes) is 1. The summed E-state index contributed by atoms with van der Waals surface area (Å²) in [5, 5.41) is 3.62. The van der Waals surface area contributed by atoms with Crippen molar-refractivity contribution in [2.24, 2.45) is 0 Å². The van der Waals surface area contributed by atoms with Crippen LogP contribution in [0.1, 0.15) is 38.5 Å². The van der Waals surface area contributed by atoms with E-state index in [2.05, 4.69) is 127 Å². The van der Waals surface area contributed by atoms with Gasteiger partial charge in [0.15, 0.2) is 0 Å². The minimum atomic E-state index is -1.47. The zero-order chi connectivity index (χ0) is 30.6. The third-order valence-electron chi connectivity index (χ3n) is 4.44. The number of halogens is 8. The molecule has 0 bridgehead atoms. The Hall–Kier alpha value is 3.63. The first-order chi connectivity index (χ1) is 19.9. The molecule has 0 aliphatic carbocycles. The summed E-state index contributed by atoms with van der Waals surface area (Å²) in [7, 11) is -3.04. The SMILES string of the molecule is BrCCCCOC(CCC(Br)(OB(OCCBr)OCCBr)OB(OCCCBr)OCCCBr)OB(OCBr)OCBr. The van der Waals surface area contributed by atoms with E-state index in [9.17, 15) is 0 Å². The van der Waals surface area contributed by atoms with Gasteiger partial charge in [0.2, 0.25) is 4.70 Å². The Bertz CT molecular complexity index is 555. The van der Waals surface area contributed by atoms with Crippen LogP contribution in [0.15, 0.2) is 0 Å². The Balaban J connectivity index is 5.86. The van der Waals surface area contributed by atoms with Crippen LogP contribution in [0.2, 0.25) is 0 Å². The van der Waals surface area contributed by atoms with Crippen LogP contribution in [-0.2, 0) is 46.6 Å². The normalized spacial score (nSPS) is 13.8. The van der Waals surface area contributed by atoms with E-state index in [1.807, 2.05) is 0 Å². The Morgan fingerprint density at radius 3 is 1.44 bits per heavy atom. The van der Waals surface area contributed by atoms with Gasteiger partial charge in [-0.1, -0.05) is 112 Å². The van der Waals surface area contributed by atoms with Gasteiger partial charge in [0.25, 0.3) is 0 Å². The molecule has 10 nitrogen and oxygen atoms in total. The molecule has 0 spiro atoms. The van der Waals surface area contributed by atoms with E-state index in [0.717, 1.165) is 41.7 Å². The topological polar surface area (TPSA) is 92.3 Å². The molecule has 0 heterocycles. The molecule has 0 aromatic carbocycles. The molecule has 0 N–H and O–H groups in total. The van der Waals surface area contributed by atoms with Crippen LogP contribution in [0, 0.1) is 0 Å². The molecule has 2 unspecified atom stereocenters. The van der Waals surface area contributed by atoms with Gasteiger partial charge in [-0.05, 0) is 41.6 Å². The molecule has 0 aliphatic rings. The Morgan fingerprint density at radius 2 is 1.00 bits per heavy atom. The van der Waals surface area contributed by atoms with E-state index in [1.54, 1.807) is 0 Å². The monoisotopic (exact) mass is 1100 g/mol. The van der Waals surface area contributed by atoms with Gasteiger partial charge in [-0.3, -0.25) is 0 Å². The number of rotatable bonds is 32. The molecule has 0 aliphatic heterocycles. The number of hydrogen-bond donors (Lipinski definition) is 0. The molecule has 0 amide bonds. The molecule has 0 aromatic heterocycles. The molecule has 0 aromatic rings. The van der Waals surface area contributed by atoms with Crippen molar-refractivity contribution in [3.8, 4) is 0 Å². The lowest BCUT2D eigenvalue weighted by Crippen LogP contribution is -2.46. The van der Waals surface area contributed by atoms with Gasteiger partial charge in [-0.15, -0.1) is 0 Å². The first-order valence-electron chi connectivity index (χ1n) is 12.8. The first-order valence-corrected chi connectivity index (χ1v) is 21.5. The Labute approximate surface area is 313 Å². The van der Waals surface area contributed by atoms with Crippen molar-refractivity contribution in [3.05, 3.63) is 0 Å². The maximum atomic E-state index is 6.26. The number of hydrogen-bond acceptors (Lipinski definition) is 10. The van der Waals surface area contributed by atoms with Crippen LogP contribution >= 0.6 is 127 Å².